The van der Waals surface area contributed by atoms with Crippen molar-refractivity contribution in [2.45, 2.75) is 58.6 Å². The van der Waals surface area contributed by atoms with Crippen LogP contribution in [0.2, 0.25) is 0 Å². The lowest BCUT2D eigenvalue weighted by atomic mass is 9.94. The van der Waals surface area contributed by atoms with Gasteiger partial charge in [-0.05, 0) is 40.2 Å². The molecule has 0 aliphatic carbocycles. The molecule has 6 heteroatoms. The van der Waals surface area contributed by atoms with Gasteiger partial charge in [0.2, 0.25) is 0 Å². The Morgan fingerprint density at radius 3 is 2.52 bits per heavy atom. The van der Waals surface area contributed by atoms with E-state index in [1.807, 2.05) is 0 Å². The summed E-state index contributed by atoms with van der Waals surface area (Å²) < 4.78 is 5.24. The monoisotopic (exact) mass is 300 g/mol. The number of alkyl carbamates (subject to hydrolysis) is 1. The summed E-state index contributed by atoms with van der Waals surface area (Å²) in [5.41, 5.74) is -0.549. The van der Waals surface area contributed by atoms with E-state index in [-0.39, 0.29) is 6.04 Å². The van der Waals surface area contributed by atoms with Crippen molar-refractivity contribution < 1.29 is 19.4 Å². The zero-order valence-corrected chi connectivity index (χ0v) is 13.5. The van der Waals surface area contributed by atoms with E-state index in [0.29, 0.717) is 19.5 Å². The van der Waals surface area contributed by atoms with Gasteiger partial charge >= 0.3 is 12.1 Å². The van der Waals surface area contributed by atoms with E-state index in [2.05, 4.69) is 17.1 Å². The smallest absolute Gasteiger partial charge is 0.407 e. The van der Waals surface area contributed by atoms with Crippen molar-refractivity contribution in [1.82, 2.24) is 10.2 Å². The molecule has 0 spiro atoms. The Balaban J connectivity index is 2.58. The molecule has 1 aliphatic heterocycles. The molecular weight excluding hydrogens is 272 g/mol. The third-order valence-corrected chi connectivity index (χ3v) is 3.42. The van der Waals surface area contributed by atoms with Crippen LogP contribution in [0.25, 0.3) is 0 Å². The van der Waals surface area contributed by atoms with Gasteiger partial charge < -0.3 is 20.1 Å². The fraction of sp³-hybridized carbons (Fsp3) is 0.867. The highest BCUT2D eigenvalue weighted by Crippen LogP contribution is 2.18. The second kappa shape index (κ2) is 7.64. The number of nitrogens with one attached hydrogen (secondary N) is 1. The number of ether oxygens (including phenoxy) is 1. The quantitative estimate of drug-likeness (QED) is 0.813. The first-order valence-electron chi connectivity index (χ1n) is 7.66. The second-order valence-electron chi connectivity index (χ2n) is 6.73. The summed E-state index contributed by atoms with van der Waals surface area (Å²) in [6.45, 7) is 9.63. The number of nitrogens with zero attached hydrogens (tertiary/aromatic N) is 1. The minimum absolute atomic E-state index is 0.174. The molecular formula is C15H28N2O4. The van der Waals surface area contributed by atoms with Crippen LogP contribution < -0.4 is 5.32 Å². The summed E-state index contributed by atoms with van der Waals surface area (Å²) in [5.74, 6) is -1.23. The number of piperidine rings is 1. The molecule has 0 aromatic carbocycles. The van der Waals surface area contributed by atoms with Crippen molar-refractivity contribution in [3.8, 4) is 0 Å². The molecule has 122 valence electrons. The Labute approximate surface area is 126 Å². The van der Waals surface area contributed by atoms with Gasteiger partial charge in [-0.3, -0.25) is 4.79 Å². The Bertz CT molecular complexity index is 365. The van der Waals surface area contributed by atoms with Crippen LogP contribution in [0, 0.1) is 5.92 Å². The zero-order valence-electron chi connectivity index (χ0n) is 13.5. The van der Waals surface area contributed by atoms with Crippen LogP contribution in [-0.4, -0.2) is 53.3 Å². The maximum Gasteiger partial charge on any atom is 0.407 e. The van der Waals surface area contributed by atoms with Crippen LogP contribution in [0.5, 0.6) is 0 Å². The number of aliphatic carboxylic acids is 1. The highest BCUT2D eigenvalue weighted by molar-refractivity contribution is 5.71. The number of hydrogen-bond donors (Lipinski definition) is 2. The molecule has 2 atom stereocenters. The largest absolute Gasteiger partial charge is 0.481 e. The van der Waals surface area contributed by atoms with E-state index in [9.17, 15) is 14.7 Å². The van der Waals surface area contributed by atoms with Crippen molar-refractivity contribution >= 4 is 12.1 Å². The molecule has 0 saturated carbocycles. The predicted octanol–water partition coefficient (Wildman–Crippen LogP) is 2.09. The minimum Gasteiger partial charge on any atom is -0.481 e. The van der Waals surface area contributed by atoms with Crippen LogP contribution in [0.15, 0.2) is 0 Å². The molecule has 6 nitrogen and oxygen atoms in total. The first kappa shape index (κ1) is 17.8. The van der Waals surface area contributed by atoms with Gasteiger partial charge in [-0.25, -0.2) is 4.79 Å². The topological polar surface area (TPSA) is 78.9 Å². The number of carboxylic acid groups (broad SMARTS) is 1. The average molecular weight is 300 g/mol. The lowest BCUT2D eigenvalue weighted by Gasteiger charge is -2.36. The molecule has 2 N–H and O–H groups in total. The van der Waals surface area contributed by atoms with Gasteiger partial charge in [-0.15, -0.1) is 0 Å². The molecule has 1 aliphatic rings. The van der Waals surface area contributed by atoms with Crippen molar-refractivity contribution in [3.63, 3.8) is 0 Å². The zero-order chi connectivity index (χ0) is 16.0. The third kappa shape index (κ3) is 6.80. The molecule has 0 aromatic heterocycles. The van der Waals surface area contributed by atoms with Crippen molar-refractivity contribution in [3.05, 3.63) is 0 Å². The normalized spacial score (nSPS) is 23.6. The minimum atomic E-state index is -0.799. The van der Waals surface area contributed by atoms with Gasteiger partial charge in [0.15, 0.2) is 0 Å². The van der Waals surface area contributed by atoms with Gasteiger partial charge in [-0.2, -0.15) is 0 Å². The van der Waals surface area contributed by atoms with Crippen LogP contribution in [-0.2, 0) is 9.53 Å². The maximum atomic E-state index is 11.8. The van der Waals surface area contributed by atoms with Gasteiger partial charge in [0, 0.05) is 19.1 Å². The number of carbonyl (C=O) groups excluding carboxylic acids is 1. The summed E-state index contributed by atoms with van der Waals surface area (Å²) in [5, 5.41) is 12.0. The molecule has 0 radical (unpaired) electrons. The first-order valence-corrected chi connectivity index (χ1v) is 7.66. The van der Waals surface area contributed by atoms with E-state index < -0.39 is 23.6 Å². The second-order valence-corrected chi connectivity index (χ2v) is 6.73. The molecule has 1 heterocycles. The van der Waals surface area contributed by atoms with Gasteiger partial charge in [0.1, 0.15) is 5.60 Å². The van der Waals surface area contributed by atoms with Crippen LogP contribution in [0.4, 0.5) is 4.79 Å². The van der Waals surface area contributed by atoms with Crippen molar-refractivity contribution in [1.29, 1.82) is 0 Å². The summed E-state index contributed by atoms with van der Waals surface area (Å²) in [4.78, 5) is 25.2. The molecule has 2 unspecified atom stereocenters. The van der Waals surface area contributed by atoms with Gasteiger partial charge in [-0.1, -0.05) is 13.3 Å². The lowest BCUT2D eigenvalue weighted by Crippen LogP contribution is -2.53. The molecule has 1 amide bonds. The molecule has 21 heavy (non-hydrogen) atoms. The Morgan fingerprint density at radius 1 is 1.33 bits per heavy atom. The Morgan fingerprint density at radius 2 is 2.00 bits per heavy atom. The summed E-state index contributed by atoms with van der Waals surface area (Å²) >= 11 is 0. The van der Waals surface area contributed by atoms with Crippen molar-refractivity contribution in [2.75, 3.05) is 19.6 Å². The number of hydrogen-bond acceptors (Lipinski definition) is 4. The van der Waals surface area contributed by atoms with Crippen LogP contribution in [0.3, 0.4) is 0 Å². The number of amides is 1. The Hall–Kier alpha value is -1.30. The third-order valence-electron chi connectivity index (χ3n) is 3.42. The number of likely N-dealkylation sites (tertiary alicyclic amines) is 1. The summed E-state index contributed by atoms with van der Waals surface area (Å²) in [6.07, 6.45) is 2.08. The number of rotatable bonds is 5. The predicted molar refractivity (Wildman–Crippen MR) is 80.2 cm³/mol. The Kier molecular flexibility index (Phi) is 6.45. The van der Waals surface area contributed by atoms with E-state index in [4.69, 9.17) is 4.74 Å². The first-order chi connectivity index (χ1) is 9.71. The summed E-state index contributed by atoms with van der Waals surface area (Å²) in [7, 11) is 0. The standard InChI is InChI=1S/C15H28N2O4/c1-5-6-7-17-9-11(13(18)19)8-12(10-17)16-14(20)21-15(2,3)4/h11-12H,5-10H2,1-4H3,(H,16,20)(H,18,19). The number of carboxylic acids is 1. The van der Waals surface area contributed by atoms with E-state index in [0.717, 1.165) is 19.4 Å². The number of carbonyl (C=O) groups is 2. The lowest BCUT2D eigenvalue weighted by molar-refractivity contribution is -0.144. The molecule has 1 fully saturated rings. The van der Waals surface area contributed by atoms with E-state index in [1.54, 1.807) is 20.8 Å². The highest BCUT2D eigenvalue weighted by atomic mass is 16.6. The maximum absolute atomic E-state index is 11.8. The molecule has 0 aromatic rings. The molecule has 1 saturated heterocycles. The molecule has 0 bridgehead atoms. The van der Waals surface area contributed by atoms with E-state index >= 15 is 0 Å². The fourth-order valence-electron chi connectivity index (χ4n) is 2.51. The van der Waals surface area contributed by atoms with Gasteiger partial charge in [0.05, 0.1) is 5.92 Å². The summed E-state index contributed by atoms with van der Waals surface area (Å²) in [6, 6.07) is -0.174. The molecule has 1 rings (SSSR count). The average Bonchev–Trinajstić information content (AvgIpc) is 2.33. The van der Waals surface area contributed by atoms with Crippen LogP contribution >= 0.6 is 0 Å². The highest BCUT2D eigenvalue weighted by Gasteiger charge is 2.32. The van der Waals surface area contributed by atoms with Crippen LogP contribution in [0.1, 0.15) is 47.0 Å². The van der Waals surface area contributed by atoms with E-state index in [1.165, 1.54) is 0 Å². The van der Waals surface area contributed by atoms with Gasteiger partial charge in [0.25, 0.3) is 0 Å². The fourth-order valence-corrected chi connectivity index (χ4v) is 2.51. The number of unbranched alkanes of at least 4 members (excludes halogenated alkanes) is 1. The SMILES string of the molecule is CCCCN1CC(NC(=O)OC(C)(C)C)CC(C(=O)O)C1. The van der Waals surface area contributed by atoms with Crippen molar-refractivity contribution in [2.24, 2.45) is 5.92 Å².